The maximum atomic E-state index is 15.0. The fraction of sp³-hybridized carbons (Fsp3) is 0.440. The molecule has 0 bridgehead atoms. The monoisotopic (exact) mass is 422 g/mol. The van der Waals surface area contributed by atoms with Gasteiger partial charge in [0.2, 0.25) is 5.91 Å². The van der Waals surface area contributed by atoms with E-state index in [1.807, 2.05) is 23.1 Å². The summed E-state index contributed by atoms with van der Waals surface area (Å²) in [5.41, 5.74) is 0.775. The van der Waals surface area contributed by atoms with Crippen LogP contribution in [0.1, 0.15) is 53.9 Å². The number of amides is 2. The molecule has 6 heteroatoms. The number of halogens is 1. The lowest BCUT2D eigenvalue weighted by atomic mass is 9.65. The van der Waals surface area contributed by atoms with Crippen LogP contribution in [0.25, 0.3) is 0 Å². The van der Waals surface area contributed by atoms with Gasteiger partial charge in [-0.25, -0.2) is 4.39 Å². The number of hydrogen-bond donors (Lipinski definition) is 0. The molecule has 31 heavy (non-hydrogen) atoms. The second-order valence-electron chi connectivity index (χ2n) is 8.71. The Morgan fingerprint density at radius 2 is 1.65 bits per heavy atom. The summed E-state index contributed by atoms with van der Waals surface area (Å²) >= 11 is 0. The van der Waals surface area contributed by atoms with Crippen molar-refractivity contribution < 1.29 is 18.7 Å². The van der Waals surface area contributed by atoms with Gasteiger partial charge < -0.3 is 9.64 Å². The topological polar surface area (TPSA) is 49.9 Å². The average Bonchev–Trinajstić information content (AvgIpc) is 2.81. The Balaban J connectivity index is 1.72. The molecule has 2 amide bonds. The van der Waals surface area contributed by atoms with Crippen molar-refractivity contribution in [3.63, 3.8) is 0 Å². The molecule has 1 atom stereocenters. The van der Waals surface area contributed by atoms with Crippen LogP contribution < -0.4 is 4.90 Å². The standard InChI is InChI=1S/C25H27FN2O3/c26-20-10-4-5-11-21(20)28-23(29)19-9-3-2-8-18(19)22(25(28)12-6-1-7-13-25)24(30)27-14-16-31-17-15-27/h2-5,8-11,22H,1,6-7,12-17H2/t22-/m1/s1. The Morgan fingerprint density at radius 1 is 0.968 bits per heavy atom. The third kappa shape index (κ3) is 3.24. The Morgan fingerprint density at radius 3 is 2.39 bits per heavy atom. The molecule has 1 aliphatic carbocycles. The minimum Gasteiger partial charge on any atom is -0.378 e. The zero-order chi connectivity index (χ0) is 21.4. The predicted octanol–water partition coefficient (Wildman–Crippen LogP) is 4.13. The molecule has 5 rings (SSSR count). The van der Waals surface area contributed by atoms with Crippen molar-refractivity contribution in [1.29, 1.82) is 0 Å². The van der Waals surface area contributed by atoms with Crippen LogP contribution in [0.3, 0.4) is 0 Å². The van der Waals surface area contributed by atoms with Gasteiger partial charge in [0, 0.05) is 18.7 Å². The third-order valence-electron chi connectivity index (χ3n) is 7.07. The van der Waals surface area contributed by atoms with Crippen molar-refractivity contribution in [2.45, 2.75) is 43.6 Å². The maximum Gasteiger partial charge on any atom is 0.259 e. The highest BCUT2D eigenvalue weighted by Gasteiger charge is 2.56. The van der Waals surface area contributed by atoms with Gasteiger partial charge in [0.25, 0.3) is 5.91 Å². The molecule has 2 fully saturated rings. The maximum absolute atomic E-state index is 15.0. The van der Waals surface area contributed by atoms with E-state index < -0.39 is 17.3 Å². The number of anilines is 1. The number of carbonyl (C=O) groups excluding carboxylic acids is 2. The fourth-order valence-corrected chi connectivity index (χ4v) is 5.67. The van der Waals surface area contributed by atoms with E-state index in [1.54, 1.807) is 29.2 Å². The van der Waals surface area contributed by atoms with Gasteiger partial charge >= 0.3 is 0 Å². The van der Waals surface area contributed by atoms with Gasteiger partial charge in [0.1, 0.15) is 5.82 Å². The molecule has 1 saturated heterocycles. The Hall–Kier alpha value is -2.73. The average molecular weight is 423 g/mol. The first-order valence-corrected chi connectivity index (χ1v) is 11.2. The van der Waals surface area contributed by atoms with Crippen molar-refractivity contribution in [1.82, 2.24) is 4.90 Å². The van der Waals surface area contributed by atoms with Crippen LogP contribution in [0.2, 0.25) is 0 Å². The Labute approximate surface area is 181 Å². The summed E-state index contributed by atoms with van der Waals surface area (Å²) in [7, 11) is 0. The largest absolute Gasteiger partial charge is 0.378 e. The van der Waals surface area contributed by atoms with E-state index in [0.717, 1.165) is 24.8 Å². The van der Waals surface area contributed by atoms with Crippen molar-refractivity contribution in [2.75, 3.05) is 31.2 Å². The normalized spacial score (nSPS) is 23.0. The van der Waals surface area contributed by atoms with E-state index in [1.165, 1.54) is 6.07 Å². The number of fused-ring (bicyclic) bond motifs is 1. The minimum atomic E-state index is -0.763. The minimum absolute atomic E-state index is 0.0199. The van der Waals surface area contributed by atoms with Crippen LogP contribution in [0, 0.1) is 5.82 Å². The Kier molecular flexibility index (Phi) is 5.26. The molecular weight excluding hydrogens is 395 g/mol. The summed E-state index contributed by atoms with van der Waals surface area (Å²) in [6.45, 7) is 2.12. The second-order valence-corrected chi connectivity index (χ2v) is 8.71. The van der Waals surface area contributed by atoms with Crippen LogP contribution in [0.15, 0.2) is 48.5 Å². The van der Waals surface area contributed by atoms with Crippen LogP contribution in [0.5, 0.6) is 0 Å². The summed E-state index contributed by atoms with van der Waals surface area (Å²) in [5, 5.41) is 0. The van der Waals surface area contributed by atoms with Crippen molar-refractivity contribution in [2.24, 2.45) is 0 Å². The molecule has 2 aromatic rings. The number of para-hydroxylation sites is 1. The lowest BCUT2D eigenvalue weighted by Gasteiger charge is -2.54. The van der Waals surface area contributed by atoms with Gasteiger partial charge in [-0.15, -0.1) is 0 Å². The molecule has 3 aliphatic rings. The molecule has 2 aliphatic heterocycles. The molecule has 2 aromatic carbocycles. The van der Waals surface area contributed by atoms with E-state index in [-0.39, 0.29) is 17.5 Å². The molecule has 2 heterocycles. The van der Waals surface area contributed by atoms with Crippen LogP contribution in [0.4, 0.5) is 10.1 Å². The van der Waals surface area contributed by atoms with E-state index in [4.69, 9.17) is 4.74 Å². The highest BCUT2D eigenvalue weighted by atomic mass is 19.1. The Bertz CT molecular complexity index is 996. The smallest absolute Gasteiger partial charge is 0.259 e. The fourth-order valence-electron chi connectivity index (χ4n) is 5.67. The molecule has 0 radical (unpaired) electrons. The van der Waals surface area contributed by atoms with Gasteiger partial charge in [0.05, 0.1) is 30.4 Å². The number of morpholine rings is 1. The third-order valence-corrected chi connectivity index (χ3v) is 7.07. The van der Waals surface area contributed by atoms with Crippen molar-refractivity contribution in [3.8, 4) is 0 Å². The lowest BCUT2D eigenvalue weighted by molar-refractivity contribution is -0.139. The molecule has 1 spiro atoms. The van der Waals surface area contributed by atoms with Gasteiger partial charge in [-0.05, 0) is 36.6 Å². The molecule has 5 nitrogen and oxygen atoms in total. The summed E-state index contributed by atoms with van der Waals surface area (Å²) in [4.78, 5) is 31.3. The molecular formula is C25H27FN2O3. The highest BCUT2D eigenvalue weighted by Crippen LogP contribution is 2.51. The van der Waals surface area contributed by atoms with E-state index in [2.05, 4.69) is 0 Å². The first kappa shape index (κ1) is 20.2. The number of benzene rings is 2. The van der Waals surface area contributed by atoms with Gasteiger partial charge in [0.15, 0.2) is 0 Å². The van der Waals surface area contributed by atoms with Crippen LogP contribution >= 0.6 is 0 Å². The van der Waals surface area contributed by atoms with Gasteiger partial charge in [-0.2, -0.15) is 0 Å². The number of hydrogen-bond acceptors (Lipinski definition) is 3. The first-order chi connectivity index (χ1) is 15.1. The molecule has 0 N–H and O–H groups in total. The number of rotatable bonds is 2. The SMILES string of the molecule is O=C([C@H]1c2ccccc2C(=O)N(c2ccccc2F)C12CCCCC2)N1CCOCC1. The zero-order valence-electron chi connectivity index (χ0n) is 17.6. The van der Waals surface area contributed by atoms with Crippen LogP contribution in [-0.4, -0.2) is 48.6 Å². The quantitative estimate of drug-likeness (QED) is 0.731. The van der Waals surface area contributed by atoms with Crippen molar-refractivity contribution >= 4 is 17.5 Å². The van der Waals surface area contributed by atoms with E-state index in [0.29, 0.717) is 44.7 Å². The number of ether oxygens (including phenoxy) is 1. The summed E-state index contributed by atoms with van der Waals surface area (Å²) < 4.78 is 20.5. The number of carbonyl (C=O) groups is 2. The molecule has 1 saturated carbocycles. The molecule has 0 aromatic heterocycles. The second kappa shape index (κ2) is 8.08. The van der Waals surface area contributed by atoms with E-state index in [9.17, 15) is 9.59 Å². The molecule has 0 unspecified atom stereocenters. The summed E-state index contributed by atoms with van der Waals surface area (Å²) in [5.74, 6) is -1.14. The van der Waals surface area contributed by atoms with Crippen molar-refractivity contribution in [3.05, 3.63) is 65.5 Å². The molecule has 162 valence electrons. The highest BCUT2D eigenvalue weighted by molar-refractivity contribution is 6.12. The summed E-state index contributed by atoms with van der Waals surface area (Å²) in [6.07, 6.45) is 4.24. The predicted molar refractivity (Wildman–Crippen MR) is 116 cm³/mol. The first-order valence-electron chi connectivity index (χ1n) is 11.2. The van der Waals surface area contributed by atoms with Gasteiger partial charge in [-0.1, -0.05) is 49.6 Å². The lowest BCUT2D eigenvalue weighted by Crippen LogP contribution is -2.64. The van der Waals surface area contributed by atoms with Gasteiger partial charge in [-0.3, -0.25) is 14.5 Å². The summed E-state index contributed by atoms with van der Waals surface area (Å²) in [6, 6.07) is 13.8. The zero-order valence-corrected chi connectivity index (χ0v) is 17.6. The van der Waals surface area contributed by atoms with Crippen LogP contribution in [-0.2, 0) is 9.53 Å². The number of nitrogens with zero attached hydrogens (tertiary/aromatic N) is 2. The van der Waals surface area contributed by atoms with E-state index >= 15 is 4.39 Å².